The van der Waals surface area contributed by atoms with Crippen LogP contribution < -0.4 is 9.67 Å². The highest BCUT2D eigenvalue weighted by Gasteiger charge is 2.13. The number of anilines is 2. The smallest absolute Gasteiger partial charge is 0.195 e. The molecule has 3 nitrogen and oxygen atoms in total. The van der Waals surface area contributed by atoms with Crippen LogP contribution in [0.2, 0.25) is 0 Å². The van der Waals surface area contributed by atoms with Crippen molar-refractivity contribution >= 4 is 40.7 Å². The van der Waals surface area contributed by atoms with Crippen molar-refractivity contribution in [3.8, 4) is 0 Å². The first-order chi connectivity index (χ1) is 8.76. The molecule has 0 atom stereocenters. The summed E-state index contributed by atoms with van der Waals surface area (Å²) in [7, 11) is 0. The zero-order valence-corrected chi connectivity index (χ0v) is 10.8. The van der Waals surface area contributed by atoms with Crippen molar-refractivity contribution in [2.24, 2.45) is 0 Å². The molecule has 2 aromatic carbocycles. The second-order valence-electron chi connectivity index (χ2n) is 3.64. The lowest BCUT2D eigenvalue weighted by Gasteiger charge is -2.07. The van der Waals surface area contributed by atoms with E-state index in [2.05, 4.69) is 9.67 Å². The topological polar surface area (TPSA) is 41.1 Å². The summed E-state index contributed by atoms with van der Waals surface area (Å²) in [6, 6.07) is 14.0. The number of hydrogen-bond donors (Lipinski definition) is 2. The van der Waals surface area contributed by atoms with Gasteiger partial charge < -0.3 is 0 Å². The van der Waals surface area contributed by atoms with Gasteiger partial charge in [-0.1, -0.05) is 24.3 Å². The molecule has 2 aromatic rings. The molecule has 2 N–H and O–H groups in total. The molecule has 0 spiro atoms. The Hall–Kier alpha value is -1.71. The molecule has 92 valence electrons. The molecule has 0 unspecified atom stereocenters. The summed E-state index contributed by atoms with van der Waals surface area (Å²) in [5.74, 6) is -0.118. The van der Waals surface area contributed by atoms with Crippen LogP contribution in [0.25, 0.3) is 0 Å². The fraction of sp³-hybridized carbons (Fsp3) is 0. The quantitative estimate of drug-likeness (QED) is 0.656. The van der Waals surface area contributed by atoms with Crippen molar-refractivity contribution in [3.05, 3.63) is 59.7 Å². The summed E-state index contributed by atoms with van der Waals surface area (Å²) in [4.78, 5) is 17.3. The Morgan fingerprint density at radius 3 is 2.44 bits per heavy atom. The first-order valence-corrected chi connectivity index (χ1v) is 5.99. The van der Waals surface area contributed by atoms with E-state index in [-0.39, 0.29) is 5.78 Å². The van der Waals surface area contributed by atoms with Gasteiger partial charge >= 0.3 is 0 Å². The minimum absolute atomic E-state index is 0.118. The third kappa shape index (κ3) is 2.58. The van der Waals surface area contributed by atoms with Gasteiger partial charge in [-0.25, -0.2) is 0 Å². The largest absolute Gasteiger partial charge is 0.298 e. The Labute approximate surface area is 115 Å². The molecule has 0 aliphatic heterocycles. The van der Waals surface area contributed by atoms with Crippen molar-refractivity contribution in [1.82, 2.24) is 0 Å². The van der Waals surface area contributed by atoms with Gasteiger partial charge in [-0.05, 0) is 24.3 Å². The molecule has 0 aromatic heterocycles. The summed E-state index contributed by atoms with van der Waals surface area (Å²) in [6.45, 7) is 0. The summed E-state index contributed by atoms with van der Waals surface area (Å²) in [5, 5.41) is 0. The number of ketones is 1. The van der Waals surface area contributed by atoms with Crippen LogP contribution in [0.5, 0.6) is 0 Å². The molecule has 2 rings (SSSR count). The molecule has 5 heteroatoms. The van der Waals surface area contributed by atoms with E-state index in [4.69, 9.17) is 23.6 Å². The molecular weight excluding hydrogens is 271 g/mol. The monoisotopic (exact) mass is 280 g/mol. The number of carbonyl (C=O) groups is 1. The fourth-order valence-corrected chi connectivity index (χ4v) is 1.92. The van der Waals surface area contributed by atoms with Crippen molar-refractivity contribution in [1.29, 1.82) is 0 Å². The van der Waals surface area contributed by atoms with E-state index in [9.17, 15) is 4.79 Å². The van der Waals surface area contributed by atoms with E-state index in [0.29, 0.717) is 22.5 Å². The first-order valence-electron chi connectivity index (χ1n) is 5.23. The third-order valence-corrected chi connectivity index (χ3v) is 2.93. The lowest BCUT2D eigenvalue weighted by atomic mass is 10.0. The fourth-order valence-electron chi connectivity index (χ4n) is 1.64. The maximum Gasteiger partial charge on any atom is 0.195 e. The van der Waals surface area contributed by atoms with E-state index in [1.165, 1.54) is 0 Å². The van der Waals surface area contributed by atoms with Crippen molar-refractivity contribution in [2.75, 3.05) is 9.67 Å². The summed E-state index contributed by atoms with van der Waals surface area (Å²) in [6.07, 6.45) is 0. The van der Waals surface area contributed by atoms with Gasteiger partial charge in [0.25, 0.3) is 0 Å². The molecule has 0 bridgehead atoms. The lowest BCUT2D eigenvalue weighted by Crippen LogP contribution is -2.04. The molecule has 0 saturated heterocycles. The van der Waals surface area contributed by atoms with Crippen LogP contribution in [0.15, 0.2) is 48.5 Å². The number of benzene rings is 2. The van der Waals surface area contributed by atoms with E-state index in [1.807, 2.05) is 0 Å². The van der Waals surface area contributed by atoms with Gasteiger partial charge in [0.15, 0.2) is 5.78 Å². The number of carbonyl (C=O) groups excluding carboxylic acids is 1. The van der Waals surface area contributed by atoms with Crippen molar-refractivity contribution < 1.29 is 4.79 Å². The van der Waals surface area contributed by atoms with Crippen LogP contribution in [-0.4, -0.2) is 5.78 Å². The van der Waals surface area contributed by atoms with Gasteiger partial charge in [-0.2, -0.15) is 0 Å². The molecule has 0 heterocycles. The average Bonchev–Trinajstić information content (AvgIpc) is 2.46. The number of para-hydroxylation sites is 1. The normalized spacial score (nSPS) is 9.89. The van der Waals surface area contributed by atoms with E-state index >= 15 is 0 Å². The van der Waals surface area contributed by atoms with Gasteiger partial charge in [-0.15, -0.1) is 0 Å². The van der Waals surface area contributed by atoms with Crippen LogP contribution in [0.3, 0.4) is 0 Å². The second-order valence-corrected chi connectivity index (χ2v) is 4.02. The van der Waals surface area contributed by atoms with Gasteiger partial charge in [0.1, 0.15) is 0 Å². The highest BCUT2D eigenvalue weighted by atomic mass is 35.5. The lowest BCUT2D eigenvalue weighted by molar-refractivity contribution is 0.103. The van der Waals surface area contributed by atoms with Crippen LogP contribution >= 0.6 is 23.6 Å². The van der Waals surface area contributed by atoms with Gasteiger partial charge in [0.05, 0.1) is 5.69 Å². The Kier molecular flexibility index (Phi) is 4.07. The molecular formula is C13H10Cl2N2O. The van der Waals surface area contributed by atoms with Crippen molar-refractivity contribution in [3.63, 3.8) is 0 Å². The molecule has 0 fully saturated rings. The zero-order valence-electron chi connectivity index (χ0n) is 9.28. The summed E-state index contributed by atoms with van der Waals surface area (Å²) in [5.41, 5.74) is 2.30. The Morgan fingerprint density at radius 2 is 1.72 bits per heavy atom. The summed E-state index contributed by atoms with van der Waals surface area (Å²) < 4.78 is 0. The molecule has 18 heavy (non-hydrogen) atoms. The highest BCUT2D eigenvalue weighted by molar-refractivity contribution is 6.26. The standard InChI is InChI=1S/C13H10Cl2N2O/c14-16-10-5-3-4-9(8-10)13(18)11-6-1-2-7-12(11)17-15/h1-8,16-17H. The van der Waals surface area contributed by atoms with Gasteiger partial charge in [0, 0.05) is 40.4 Å². The molecule has 0 amide bonds. The van der Waals surface area contributed by atoms with E-state index in [1.54, 1.807) is 48.5 Å². The number of halogens is 2. The third-order valence-electron chi connectivity index (χ3n) is 2.51. The minimum Gasteiger partial charge on any atom is -0.298 e. The maximum absolute atomic E-state index is 12.3. The Bertz CT molecular complexity index is 572. The van der Waals surface area contributed by atoms with E-state index < -0.39 is 0 Å². The van der Waals surface area contributed by atoms with Gasteiger partial charge in [0.2, 0.25) is 0 Å². The van der Waals surface area contributed by atoms with Crippen LogP contribution in [0.4, 0.5) is 11.4 Å². The first kappa shape index (κ1) is 12.7. The molecule has 0 aliphatic rings. The molecule has 0 aliphatic carbocycles. The number of hydrogen-bond acceptors (Lipinski definition) is 3. The number of rotatable bonds is 4. The predicted octanol–water partition coefficient (Wildman–Crippen LogP) is 4.05. The average molecular weight is 281 g/mol. The zero-order chi connectivity index (χ0) is 13.0. The highest BCUT2D eigenvalue weighted by Crippen LogP contribution is 2.21. The van der Waals surface area contributed by atoms with Crippen molar-refractivity contribution in [2.45, 2.75) is 0 Å². The predicted molar refractivity (Wildman–Crippen MR) is 75.3 cm³/mol. The van der Waals surface area contributed by atoms with Crippen LogP contribution in [0.1, 0.15) is 15.9 Å². The van der Waals surface area contributed by atoms with Crippen LogP contribution in [0, 0.1) is 0 Å². The molecule has 0 radical (unpaired) electrons. The van der Waals surface area contributed by atoms with E-state index in [0.717, 1.165) is 0 Å². The Morgan fingerprint density at radius 1 is 0.944 bits per heavy atom. The summed E-state index contributed by atoms with van der Waals surface area (Å²) >= 11 is 11.1. The number of nitrogens with one attached hydrogen (secondary N) is 2. The van der Waals surface area contributed by atoms with Gasteiger partial charge in [-0.3, -0.25) is 14.5 Å². The van der Waals surface area contributed by atoms with Crippen LogP contribution in [-0.2, 0) is 0 Å². The molecule has 0 saturated carbocycles. The SMILES string of the molecule is O=C(c1cccc(NCl)c1)c1ccccc1NCl. The second kappa shape index (κ2) is 5.76. The Balaban J connectivity index is 2.41. The maximum atomic E-state index is 12.3. The minimum atomic E-state index is -0.118.